The fourth-order valence-corrected chi connectivity index (χ4v) is 2.97. The van der Waals surface area contributed by atoms with Crippen LogP contribution in [0.1, 0.15) is 13.3 Å². The molecule has 0 aromatic heterocycles. The molecule has 0 aliphatic rings. The normalized spacial score (nSPS) is 13.3. The highest BCUT2D eigenvalue weighted by Gasteiger charge is 2.26. The maximum atomic E-state index is 11.3. The van der Waals surface area contributed by atoms with Crippen molar-refractivity contribution in [1.29, 1.82) is 0 Å². The maximum absolute atomic E-state index is 11.3. The molecule has 0 spiro atoms. The van der Waals surface area contributed by atoms with Crippen molar-refractivity contribution in [3.8, 4) is 12.3 Å². The standard InChI is InChI=1S/C7H11O5PS/c1-4-6-12-14(9,10)7(5-2)13(8)11-3/h1H,5-6H2,2-3H3. The molecule has 0 aliphatic heterocycles. The van der Waals surface area contributed by atoms with Gasteiger partial charge in [-0.05, 0) is 0 Å². The van der Waals surface area contributed by atoms with E-state index in [0.717, 1.165) is 7.11 Å². The maximum Gasteiger partial charge on any atom is 0.336 e. The molecule has 0 aliphatic carbocycles. The Labute approximate surface area is 84.7 Å². The zero-order valence-electron chi connectivity index (χ0n) is 7.89. The summed E-state index contributed by atoms with van der Waals surface area (Å²) < 4.78 is 31.1. The van der Waals surface area contributed by atoms with Crippen LogP contribution in [0.4, 0.5) is 0 Å². The molecule has 0 radical (unpaired) electrons. The molecule has 0 aromatic carbocycles. The molecule has 0 saturated carbocycles. The van der Waals surface area contributed by atoms with Gasteiger partial charge < -0.3 is 4.89 Å². The first-order valence-corrected chi connectivity index (χ1v) is 6.28. The molecule has 80 valence electrons. The van der Waals surface area contributed by atoms with E-state index in [0.29, 0.717) is 0 Å². The summed E-state index contributed by atoms with van der Waals surface area (Å²) in [6.45, 7) is 1.16. The molecule has 0 N–H and O–H groups in total. The summed E-state index contributed by atoms with van der Waals surface area (Å²) in [6.07, 6.45) is 4.90. The summed E-state index contributed by atoms with van der Waals surface area (Å²) >= 11 is 0. The number of hydrogen-bond acceptors (Lipinski definition) is 5. The molecule has 1 atom stereocenters. The van der Waals surface area contributed by atoms with Crippen molar-refractivity contribution in [2.24, 2.45) is 0 Å². The SMILES string of the molecule is C#CCOS(=O)(=O)/C(CC)=[P+](\[O-])OC. The van der Waals surface area contributed by atoms with E-state index < -0.39 is 18.1 Å². The first-order valence-electron chi connectivity index (χ1n) is 3.69. The van der Waals surface area contributed by atoms with E-state index in [4.69, 9.17) is 6.42 Å². The third kappa shape index (κ3) is 3.74. The first kappa shape index (κ1) is 13.6. The van der Waals surface area contributed by atoms with Crippen LogP contribution in [0.15, 0.2) is 0 Å². The smallest absolute Gasteiger partial charge is 0.336 e. The third-order valence-corrected chi connectivity index (χ3v) is 4.73. The molecule has 5 nitrogen and oxygen atoms in total. The van der Waals surface area contributed by atoms with E-state index >= 15 is 0 Å². The minimum absolute atomic E-state index is 0.0654. The summed E-state index contributed by atoms with van der Waals surface area (Å²) in [5.74, 6) is 2.01. The molecule has 0 fully saturated rings. The van der Waals surface area contributed by atoms with Crippen molar-refractivity contribution in [2.75, 3.05) is 13.7 Å². The Morgan fingerprint density at radius 3 is 2.57 bits per heavy atom. The predicted molar refractivity (Wildman–Crippen MR) is 52.9 cm³/mol. The zero-order valence-corrected chi connectivity index (χ0v) is 9.60. The van der Waals surface area contributed by atoms with Gasteiger partial charge in [-0.1, -0.05) is 12.8 Å². The molecule has 7 heteroatoms. The number of terminal acetylenes is 1. The molecule has 0 rings (SSSR count). The molecule has 0 amide bonds. The van der Waals surface area contributed by atoms with Gasteiger partial charge in [0.05, 0.1) is 7.11 Å². The van der Waals surface area contributed by atoms with Gasteiger partial charge in [-0.3, -0.25) is 4.18 Å². The summed E-state index contributed by atoms with van der Waals surface area (Å²) in [7, 11) is -5.18. The van der Waals surface area contributed by atoms with Gasteiger partial charge in [0, 0.05) is 6.42 Å². The highest BCUT2D eigenvalue weighted by atomic mass is 32.2. The Morgan fingerprint density at radius 1 is 1.64 bits per heavy atom. The summed E-state index contributed by atoms with van der Waals surface area (Å²) in [4.78, 5) is 11.1. The van der Waals surface area contributed by atoms with Crippen LogP contribution >= 0.6 is 8.00 Å². The van der Waals surface area contributed by atoms with Crippen LogP contribution in [-0.2, 0) is 18.8 Å². The number of hydrogen-bond donors (Lipinski definition) is 0. The van der Waals surface area contributed by atoms with E-state index in [1.807, 2.05) is 5.92 Å². The lowest BCUT2D eigenvalue weighted by Crippen LogP contribution is -2.19. The molecular weight excluding hydrogens is 227 g/mol. The monoisotopic (exact) mass is 238 g/mol. The molecule has 0 aromatic rings. The summed E-state index contributed by atoms with van der Waals surface area (Å²) in [6, 6.07) is 0. The Bertz CT molecular complexity index is 351. The van der Waals surface area contributed by atoms with Gasteiger partial charge in [0.25, 0.3) is 4.63 Å². The van der Waals surface area contributed by atoms with Crippen LogP contribution in [0.2, 0.25) is 0 Å². The van der Waals surface area contributed by atoms with Crippen molar-refractivity contribution in [1.82, 2.24) is 0 Å². The van der Waals surface area contributed by atoms with Gasteiger partial charge in [-0.2, -0.15) is 12.9 Å². The molecule has 14 heavy (non-hydrogen) atoms. The van der Waals surface area contributed by atoms with Crippen LogP contribution in [0.25, 0.3) is 0 Å². The second-order valence-corrected chi connectivity index (χ2v) is 5.47. The Balaban J connectivity index is 4.97. The second kappa shape index (κ2) is 6.12. The highest BCUT2D eigenvalue weighted by Crippen LogP contribution is 2.20. The molecule has 0 heterocycles. The fraction of sp³-hybridized carbons (Fsp3) is 0.571. The van der Waals surface area contributed by atoms with Crippen LogP contribution in [0.3, 0.4) is 0 Å². The lowest BCUT2D eigenvalue weighted by Gasteiger charge is -2.03. The predicted octanol–water partition coefficient (Wildman–Crippen LogP) is -0.176. The van der Waals surface area contributed by atoms with Gasteiger partial charge in [0.15, 0.2) is 0 Å². The van der Waals surface area contributed by atoms with E-state index in [1.54, 1.807) is 6.92 Å². The average molecular weight is 238 g/mol. The minimum atomic E-state index is -3.98. The van der Waals surface area contributed by atoms with E-state index in [1.165, 1.54) is 0 Å². The second-order valence-electron chi connectivity index (χ2n) is 2.11. The lowest BCUT2D eigenvalue weighted by atomic mass is 10.6. The lowest BCUT2D eigenvalue weighted by molar-refractivity contribution is -0.170. The van der Waals surface area contributed by atoms with Crippen LogP contribution in [-0.4, -0.2) is 26.8 Å². The Hall–Kier alpha value is -0.440. The van der Waals surface area contributed by atoms with Gasteiger partial charge in [0.1, 0.15) is 6.61 Å². The Kier molecular flexibility index (Phi) is 5.93. The van der Waals surface area contributed by atoms with Gasteiger partial charge in [0.2, 0.25) is 8.00 Å². The third-order valence-electron chi connectivity index (χ3n) is 1.26. The highest BCUT2D eigenvalue weighted by molar-refractivity contribution is 8.08. The Morgan fingerprint density at radius 2 is 2.21 bits per heavy atom. The molecule has 1 unspecified atom stereocenters. The number of rotatable bonds is 5. The van der Waals surface area contributed by atoms with E-state index in [-0.39, 0.29) is 17.7 Å². The van der Waals surface area contributed by atoms with Crippen molar-refractivity contribution in [2.45, 2.75) is 13.3 Å². The quantitative estimate of drug-likeness (QED) is 0.377. The van der Waals surface area contributed by atoms with Gasteiger partial charge in [-0.25, -0.2) is 0 Å². The molecule has 0 saturated heterocycles. The topological polar surface area (TPSA) is 75.7 Å². The van der Waals surface area contributed by atoms with Crippen molar-refractivity contribution in [3.63, 3.8) is 0 Å². The van der Waals surface area contributed by atoms with E-state index in [2.05, 4.69) is 8.71 Å². The van der Waals surface area contributed by atoms with Crippen LogP contribution < -0.4 is 4.89 Å². The fourth-order valence-electron chi connectivity index (χ4n) is 0.679. The summed E-state index contributed by atoms with van der Waals surface area (Å²) in [5.41, 5.74) is 0. The molecular formula is C7H11O5PS. The van der Waals surface area contributed by atoms with Gasteiger partial charge in [-0.15, -0.1) is 6.42 Å². The largest absolute Gasteiger partial charge is 0.602 e. The van der Waals surface area contributed by atoms with Crippen molar-refractivity contribution < 1.29 is 22.0 Å². The first-order chi connectivity index (χ1) is 6.49. The van der Waals surface area contributed by atoms with Crippen molar-refractivity contribution in [3.05, 3.63) is 0 Å². The minimum Gasteiger partial charge on any atom is -0.602 e. The van der Waals surface area contributed by atoms with Gasteiger partial charge >= 0.3 is 10.1 Å². The van der Waals surface area contributed by atoms with Crippen LogP contribution in [0, 0.1) is 12.3 Å². The van der Waals surface area contributed by atoms with Crippen LogP contribution in [0.5, 0.6) is 0 Å². The van der Waals surface area contributed by atoms with Crippen molar-refractivity contribution >= 4 is 22.7 Å². The molecule has 0 bridgehead atoms. The van der Waals surface area contributed by atoms with E-state index in [9.17, 15) is 13.3 Å². The average Bonchev–Trinajstić information content (AvgIpc) is 2.15. The zero-order chi connectivity index (χ0) is 11.2. The summed E-state index contributed by atoms with van der Waals surface area (Å²) in [5, 5.41) is 0.